The standard InChI is InChI=1S/C12H19NO2/c1-15-9-10-2-4-11(5-3-10)12(8-13)6-7-14/h2-5,12,14H,6-9,13H2,1H3. The van der Waals surface area contributed by atoms with E-state index in [9.17, 15) is 0 Å². The van der Waals surface area contributed by atoms with Crippen LogP contribution in [0.5, 0.6) is 0 Å². The molecule has 0 saturated heterocycles. The van der Waals surface area contributed by atoms with Gasteiger partial charge in [0.05, 0.1) is 6.61 Å². The fourth-order valence-corrected chi connectivity index (χ4v) is 1.63. The molecule has 0 bridgehead atoms. The fourth-order valence-electron chi connectivity index (χ4n) is 1.63. The van der Waals surface area contributed by atoms with Crippen LogP contribution in [0.1, 0.15) is 23.5 Å². The minimum atomic E-state index is 0.182. The van der Waals surface area contributed by atoms with Crippen molar-refractivity contribution in [2.24, 2.45) is 5.73 Å². The lowest BCUT2D eigenvalue weighted by Crippen LogP contribution is -2.13. The van der Waals surface area contributed by atoms with Crippen molar-refractivity contribution in [3.63, 3.8) is 0 Å². The number of aliphatic hydroxyl groups is 1. The minimum Gasteiger partial charge on any atom is -0.396 e. The van der Waals surface area contributed by atoms with E-state index in [1.165, 1.54) is 5.56 Å². The lowest BCUT2D eigenvalue weighted by molar-refractivity contribution is 0.185. The summed E-state index contributed by atoms with van der Waals surface area (Å²) in [5.74, 6) is 0.256. The molecule has 0 spiro atoms. The highest BCUT2D eigenvalue weighted by atomic mass is 16.5. The van der Waals surface area contributed by atoms with Gasteiger partial charge >= 0.3 is 0 Å². The van der Waals surface area contributed by atoms with Crippen LogP contribution >= 0.6 is 0 Å². The Balaban J connectivity index is 2.68. The van der Waals surface area contributed by atoms with Gasteiger partial charge in [-0.1, -0.05) is 24.3 Å². The molecule has 1 atom stereocenters. The van der Waals surface area contributed by atoms with Crippen LogP contribution in [0.3, 0.4) is 0 Å². The monoisotopic (exact) mass is 209 g/mol. The average Bonchev–Trinajstić information content (AvgIpc) is 2.28. The number of hydrogen-bond acceptors (Lipinski definition) is 3. The van der Waals surface area contributed by atoms with Crippen molar-refractivity contribution in [1.29, 1.82) is 0 Å². The predicted molar refractivity (Wildman–Crippen MR) is 60.7 cm³/mol. The van der Waals surface area contributed by atoms with Crippen molar-refractivity contribution in [2.75, 3.05) is 20.3 Å². The lowest BCUT2D eigenvalue weighted by Gasteiger charge is -2.14. The number of benzene rings is 1. The molecule has 0 aliphatic heterocycles. The zero-order chi connectivity index (χ0) is 11.1. The second kappa shape index (κ2) is 6.56. The molecule has 15 heavy (non-hydrogen) atoms. The van der Waals surface area contributed by atoms with Gasteiger partial charge in [-0.25, -0.2) is 0 Å². The van der Waals surface area contributed by atoms with Crippen LogP contribution in [0.15, 0.2) is 24.3 Å². The Labute approximate surface area is 90.9 Å². The summed E-state index contributed by atoms with van der Waals surface area (Å²) in [4.78, 5) is 0. The van der Waals surface area contributed by atoms with E-state index in [0.29, 0.717) is 13.2 Å². The van der Waals surface area contributed by atoms with Crippen LogP contribution in [0.25, 0.3) is 0 Å². The molecule has 0 aliphatic rings. The SMILES string of the molecule is COCc1ccc(C(CN)CCO)cc1. The molecule has 0 aromatic heterocycles. The second-order valence-corrected chi connectivity index (χ2v) is 3.62. The van der Waals surface area contributed by atoms with Crippen LogP contribution in [0.2, 0.25) is 0 Å². The molecule has 3 N–H and O–H groups in total. The summed E-state index contributed by atoms with van der Waals surface area (Å²) in [6.07, 6.45) is 0.722. The maximum atomic E-state index is 8.89. The van der Waals surface area contributed by atoms with E-state index in [1.807, 2.05) is 12.1 Å². The molecular formula is C12H19NO2. The summed E-state index contributed by atoms with van der Waals surface area (Å²) in [7, 11) is 1.68. The van der Waals surface area contributed by atoms with Crippen molar-refractivity contribution >= 4 is 0 Å². The van der Waals surface area contributed by atoms with Crippen LogP contribution in [-0.2, 0) is 11.3 Å². The number of aliphatic hydroxyl groups excluding tert-OH is 1. The van der Waals surface area contributed by atoms with Crippen LogP contribution < -0.4 is 5.73 Å². The van der Waals surface area contributed by atoms with Gasteiger partial charge in [0.25, 0.3) is 0 Å². The molecule has 0 heterocycles. The van der Waals surface area contributed by atoms with Gasteiger partial charge in [-0.2, -0.15) is 0 Å². The van der Waals surface area contributed by atoms with E-state index in [2.05, 4.69) is 12.1 Å². The summed E-state index contributed by atoms with van der Waals surface area (Å²) < 4.78 is 5.04. The van der Waals surface area contributed by atoms with Gasteiger partial charge in [-0.15, -0.1) is 0 Å². The molecule has 0 amide bonds. The van der Waals surface area contributed by atoms with E-state index in [-0.39, 0.29) is 12.5 Å². The Hall–Kier alpha value is -0.900. The largest absolute Gasteiger partial charge is 0.396 e. The first-order valence-electron chi connectivity index (χ1n) is 5.20. The summed E-state index contributed by atoms with van der Waals surface area (Å²) in [5.41, 5.74) is 7.99. The number of ether oxygens (including phenoxy) is 1. The smallest absolute Gasteiger partial charge is 0.0713 e. The van der Waals surface area contributed by atoms with Gasteiger partial charge in [0.15, 0.2) is 0 Å². The van der Waals surface area contributed by atoms with Crippen molar-refractivity contribution in [3.05, 3.63) is 35.4 Å². The Morgan fingerprint density at radius 2 is 2.00 bits per heavy atom. The van der Waals surface area contributed by atoms with Gasteiger partial charge in [-0.05, 0) is 30.0 Å². The summed E-state index contributed by atoms with van der Waals surface area (Å²) >= 11 is 0. The first kappa shape index (κ1) is 12.2. The van der Waals surface area contributed by atoms with E-state index in [4.69, 9.17) is 15.6 Å². The zero-order valence-corrected chi connectivity index (χ0v) is 9.15. The van der Waals surface area contributed by atoms with Crippen LogP contribution in [-0.4, -0.2) is 25.4 Å². The van der Waals surface area contributed by atoms with Crippen molar-refractivity contribution in [3.8, 4) is 0 Å². The fraction of sp³-hybridized carbons (Fsp3) is 0.500. The van der Waals surface area contributed by atoms with Gasteiger partial charge in [0.1, 0.15) is 0 Å². The summed E-state index contributed by atoms with van der Waals surface area (Å²) in [6.45, 7) is 1.39. The molecular weight excluding hydrogens is 190 g/mol. The topological polar surface area (TPSA) is 55.5 Å². The number of methoxy groups -OCH3 is 1. The van der Waals surface area contributed by atoms with Crippen LogP contribution in [0.4, 0.5) is 0 Å². The van der Waals surface area contributed by atoms with E-state index in [0.717, 1.165) is 12.0 Å². The second-order valence-electron chi connectivity index (χ2n) is 3.62. The van der Waals surface area contributed by atoms with Gasteiger partial charge in [-0.3, -0.25) is 0 Å². The Kier molecular flexibility index (Phi) is 5.32. The van der Waals surface area contributed by atoms with Gasteiger partial charge < -0.3 is 15.6 Å². The summed E-state index contributed by atoms with van der Waals surface area (Å²) in [5, 5.41) is 8.89. The molecule has 0 aliphatic carbocycles. The Morgan fingerprint density at radius 3 is 2.47 bits per heavy atom. The molecule has 0 radical (unpaired) electrons. The maximum Gasteiger partial charge on any atom is 0.0713 e. The predicted octanol–water partition coefficient (Wildman–Crippen LogP) is 1.26. The number of nitrogens with two attached hydrogens (primary N) is 1. The average molecular weight is 209 g/mol. The van der Waals surface area contributed by atoms with Crippen molar-refractivity contribution in [1.82, 2.24) is 0 Å². The Bertz CT molecular complexity index is 271. The summed E-state index contributed by atoms with van der Waals surface area (Å²) in [6, 6.07) is 8.20. The van der Waals surface area contributed by atoms with Gasteiger partial charge in [0.2, 0.25) is 0 Å². The van der Waals surface area contributed by atoms with Gasteiger partial charge in [0, 0.05) is 13.7 Å². The van der Waals surface area contributed by atoms with Crippen LogP contribution in [0, 0.1) is 0 Å². The van der Waals surface area contributed by atoms with E-state index < -0.39 is 0 Å². The quantitative estimate of drug-likeness (QED) is 0.741. The molecule has 3 nitrogen and oxygen atoms in total. The van der Waals surface area contributed by atoms with E-state index in [1.54, 1.807) is 7.11 Å². The molecule has 0 fully saturated rings. The molecule has 3 heteroatoms. The zero-order valence-electron chi connectivity index (χ0n) is 9.15. The molecule has 0 saturated carbocycles. The number of hydrogen-bond donors (Lipinski definition) is 2. The third-order valence-corrected chi connectivity index (χ3v) is 2.52. The first-order valence-corrected chi connectivity index (χ1v) is 5.20. The highest BCUT2D eigenvalue weighted by Gasteiger charge is 2.08. The molecule has 1 rings (SSSR count). The third-order valence-electron chi connectivity index (χ3n) is 2.52. The molecule has 1 unspecified atom stereocenters. The molecule has 1 aromatic rings. The third kappa shape index (κ3) is 3.63. The van der Waals surface area contributed by atoms with Crippen molar-refractivity contribution in [2.45, 2.75) is 18.9 Å². The molecule has 84 valence electrons. The highest BCUT2D eigenvalue weighted by Crippen LogP contribution is 2.18. The first-order chi connectivity index (χ1) is 7.31. The number of rotatable bonds is 6. The lowest BCUT2D eigenvalue weighted by atomic mass is 9.95. The van der Waals surface area contributed by atoms with E-state index >= 15 is 0 Å². The minimum absolute atomic E-state index is 0.182. The maximum absolute atomic E-state index is 8.89. The van der Waals surface area contributed by atoms with Crippen molar-refractivity contribution < 1.29 is 9.84 Å². The Morgan fingerprint density at radius 1 is 1.33 bits per heavy atom. The highest BCUT2D eigenvalue weighted by molar-refractivity contribution is 5.25. The molecule has 1 aromatic carbocycles. The normalized spacial score (nSPS) is 12.7.